The molecule has 1 rings (SSSR count). The number of rotatable bonds is 9. The van der Waals surface area contributed by atoms with E-state index in [9.17, 15) is 0 Å². The maximum atomic E-state index is 3.74. The second kappa shape index (κ2) is 6.22. The zero-order chi connectivity index (χ0) is 12.9. The minimum Gasteiger partial charge on any atom is -0.313 e. The van der Waals surface area contributed by atoms with Gasteiger partial charge in [-0.2, -0.15) is 0 Å². The highest BCUT2D eigenvalue weighted by Gasteiger charge is 2.64. The molecule has 17 heavy (non-hydrogen) atoms. The fourth-order valence-corrected chi connectivity index (χ4v) is 3.04. The van der Waals surface area contributed by atoms with Gasteiger partial charge in [-0.1, -0.05) is 73.1 Å². The van der Waals surface area contributed by atoms with Crippen molar-refractivity contribution in [1.29, 1.82) is 0 Å². The topological polar surface area (TPSA) is 12.0 Å². The summed E-state index contributed by atoms with van der Waals surface area (Å²) >= 11 is 0. The van der Waals surface area contributed by atoms with Crippen LogP contribution in [-0.4, -0.2) is 12.6 Å². The van der Waals surface area contributed by atoms with Gasteiger partial charge in [0.25, 0.3) is 0 Å². The quantitative estimate of drug-likeness (QED) is 0.572. The van der Waals surface area contributed by atoms with Gasteiger partial charge in [0.05, 0.1) is 0 Å². The largest absolute Gasteiger partial charge is 0.313 e. The molecular weight excluding hydrogens is 206 g/mol. The van der Waals surface area contributed by atoms with Crippen molar-refractivity contribution in [3.63, 3.8) is 0 Å². The highest BCUT2D eigenvalue weighted by molar-refractivity contribution is 5.17. The second-order valence-corrected chi connectivity index (χ2v) is 6.95. The summed E-state index contributed by atoms with van der Waals surface area (Å²) < 4.78 is 0. The Hall–Kier alpha value is -0.0400. The molecule has 0 amide bonds. The molecule has 1 heteroatoms. The van der Waals surface area contributed by atoms with Crippen molar-refractivity contribution in [3.8, 4) is 0 Å². The molecule has 0 aromatic rings. The normalized spacial score (nSPS) is 21.7. The van der Waals surface area contributed by atoms with Crippen molar-refractivity contribution < 1.29 is 0 Å². The number of unbranched alkanes of at least 4 members (excludes halogenated alkanes) is 6. The van der Waals surface area contributed by atoms with E-state index < -0.39 is 0 Å². The molecule has 1 fully saturated rings. The van der Waals surface area contributed by atoms with Gasteiger partial charge in [0, 0.05) is 6.04 Å². The number of hydrogen-bond acceptors (Lipinski definition) is 1. The second-order valence-electron chi connectivity index (χ2n) is 6.95. The van der Waals surface area contributed by atoms with E-state index in [0.717, 1.165) is 6.04 Å². The fourth-order valence-electron chi connectivity index (χ4n) is 3.04. The summed E-state index contributed by atoms with van der Waals surface area (Å²) in [5.74, 6) is 0. The highest BCUT2D eigenvalue weighted by Crippen LogP contribution is 2.62. The first-order valence-electron chi connectivity index (χ1n) is 7.68. The monoisotopic (exact) mass is 239 g/mol. The van der Waals surface area contributed by atoms with Crippen LogP contribution < -0.4 is 5.32 Å². The van der Waals surface area contributed by atoms with Gasteiger partial charge in [0.1, 0.15) is 0 Å². The first kappa shape index (κ1) is 15.0. The molecule has 1 nitrogen and oxygen atoms in total. The van der Waals surface area contributed by atoms with Crippen LogP contribution in [0.3, 0.4) is 0 Å². The van der Waals surface area contributed by atoms with E-state index in [2.05, 4.69) is 39.9 Å². The smallest absolute Gasteiger partial charge is 0.0181 e. The van der Waals surface area contributed by atoms with Crippen molar-refractivity contribution in [2.75, 3.05) is 6.54 Å². The molecule has 0 spiro atoms. The van der Waals surface area contributed by atoms with Crippen LogP contribution in [0.25, 0.3) is 0 Å². The fraction of sp³-hybridized carbons (Fsp3) is 1.00. The third kappa shape index (κ3) is 3.71. The molecule has 1 aliphatic carbocycles. The minimum absolute atomic E-state index is 0.494. The summed E-state index contributed by atoms with van der Waals surface area (Å²) in [4.78, 5) is 0. The van der Waals surface area contributed by atoms with Crippen LogP contribution in [0.2, 0.25) is 0 Å². The molecule has 1 N–H and O–H groups in total. The molecule has 1 saturated carbocycles. The van der Waals surface area contributed by atoms with E-state index in [1.54, 1.807) is 0 Å². The van der Waals surface area contributed by atoms with Gasteiger partial charge in [0.15, 0.2) is 0 Å². The third-order valence-corrected chi connectivity index (χ3v) is 5.15. The highest BCUT2D eigenvalue weighted by atomic mass is 15.0. The lowest BCUT2D eigenvalue weighted by Gasteiger charge is -2.06. The first-order valence-corrected chi connectivity index (χ1v) is 7.68. The van der Waals surface area contributed by atoms with E-state index >= 15 is 0 Å². The van der Waals surface area contributed by atoms with Crippen molar-refractivity contribution >= 4 is 0 Å². The standard InChI is InChI=1S/C16H33N/c1-6-7-8-9-10-11-12-13-17-14-15(2,3)16(14,4)5/h14,17H,6-13H2,1-5H3. The lowest BCUT2D eigenvalue weighted by atomic mass is 10.0. The molecule has 0 saturated heterocycles. The van der Waals surface area contributed by atoms with Gasteiger partial charge in [-0.3, -0.25) is 0 Å². The lowest BCUT2D eigenvalue weighted by molar-refractivity contribution is 0.457. The van der Waals surface area contributed by atoms with Gasteiger partial charge >= 0.3 is 0 Å². The Bertz CT molecular complexity index is 204. The molecule has 102 valence electrons. The predicted molar refractivity (Wildman–Crippen MR) is 77.3 cm³/mol. The van der Waals surface area contributed by atoms with Gasteiger partial charge < -0.3 is 5.32 Å². The first-order chi connectivity index (χ1) is 7.94. The molecule has 0 atom stereocenters. The average Bonchev–Trinajstić information content (AvgIpc) is 2.64. The van der Waals surface area contributed by atoms with E-state index in [0.29, 0.717) is 10.8 Å². The molecule has 0 unspecified atom stereocenters. The van der Waals surface area contributed by atoms with E-state index in [4.69, 9.17) is 0 Å². The number of hydrogen-bond donors (Lipinski definition) is 1. The Morgan fingerprint density at radius 2 is 1.24 bits per heavy atom. The summed E-state index contributed by atoms with van der Waals surface area (Å²) in [5, 5.41) is 3.74. The van der Waals surface area contributed by atoms with Crippen LogP contribution in [-0.2, 0) is 0 Å². The molecular formula is C16H33N. The summed E-state index contributed by atoms with van der Waals surface area (Å²) in [7, 11) is 0. The molecule has 0 bridgehead atoms. The van der Waals surface area contributed by atoms with Crippen LogP contribution in [0.4, 0.5) is 0 Å². The Labute approximate surface area is 109 Å². The van der Waals surface area contributed by atoms with Crippen molar-refractivity contribution in [3.05, 3.63) is 0 Å². The molecule has 0 heterocycles. The zero-order valence-corrected chi connectivity index (χ0v) is 12.7. The Kier molecular flexibility index (Phi) is 5.50. The maximum Gasteiger partial charge on any atom is 0.0181 e. The molecule has 0 aliphatic heterocycles. The van der Waals surface area contributed by atoms with E-state index in [1.165, 1.54) is 51.5 Å². The molecule has 0 radical (unpaired) electrons. The SMILES string of the molecule is CCCCCCCCCNC1C(C)(C)C1(C)C. The Morgan fingerprint density at radius 1 is 0.765 bits per heavy atom. The van der Waals surface area contributed by atoms with Gasteiger partial charge in [-0.05, 0) is 23.8 Å². The third-order valence-electron chi connectivity index (χ3n) is 5.15. The van der Waals surface area contributed by atoms with Crippen LogP contribution in [0.1, 0.15) is 79.6 Å². The van der Waals surface area contributed by atoms with Crippen LogP contribution in [0, 0.1) is 10.8 Å². The van der Waals surface area contributed by atoms with E-state index in [-0.39, 0.29) is 0 Å². The van der Waals surface area contributed by atoms with Gasteiger partial charge in [-0.15, -0.1) is 0 Å². The molecule has 0 aromatic heterocycles. The summed E-state index contributed by atoms with van der Waals surface area (Å²) in [6.45, 7) is 13.0. The van der Waals surface area contributed by atoms with Crippen LogP contribution in [0.15, 0.2) is 0 Å². The summed E-state index contributed by atoms with van der Waals surface area (Å²) in [6, 6.07) is 0.732. The molecule has 1 aliphatic rings. The van der Waals surface area contributed by atoms with Crippen molar-refractivity contribution in [1.82, 2.24) is 5.32 Å². The summed E-state index contributed by atoms with van der Waals surface area (Å²) in [6.07, 6.45) is 9.84. The molecule has 0 aromatic carbocycles. The van der Waals surface area contributed by atoms with Crippen molar-refractivity contribution in [2.24, 2.45) is 10.8 Å². The van der Waals surface area contributed by atoms with E-state index in [1.807, 2.05) is 0 Å². The average molecular weight is 239 g/mol. The minimum atomic E-state index is 0.494. The van der Waals surface area contributed by atoms with Crippen molar-refractivity contribution in [2.45, 2.75) is 85.6 Å². The lowest BCUT2D eigenvalue weighted by Crippen LogP contribution is -2.23. The Morgan fingerprint density at radius 3 is 1.71 bits per heavy atom. The van der Waals surface area contributed by atoms with Gasteiger partial charge in [-0.25, -0.2) is 0 Å². The predicted octanol–water partition coefficient (Wildman–Crippen LogP) is 4.76. The van der Waals surface area contributed by atoms with Gasteiger partial charge in [0.2, 0.25) is 0 Å². The Balaban J connectivity index is 1.93. The maximum absolute atomic E-state index is 3.74. The van der Waals surface area contributed by atoms with Crippen LogP contribution >= 0.6 is 0 Å². The number of nitrogens with one attached hydrogen (secondary N) is 1. The van der Waals surface area contributed by atoms with Crippen LogP contribution in [0.5, 0.6) is 0 Å². The summed E-state index contributed by atoms with van der Waals surface area (Å²) in [5.41, 5.74) is 0.988. The zero-order valence-electron chi connectivity index (χ0n) is 12.7.